The van der Waals surface area contributed by atoms with Gasteiger partial charge in [0.2, 0.25) is 17.6 Å². The van der Waals surface area contributed by atoms with Crippen molar-refractivity contribution in [3.8, 4) is 17.1 Å². The van der Waals surface area contributed by atoms with Crippen LogP contribution in [0, 0.1) is 0 Å². The van der Waals surface area contributed by atoms with E-state index in [1.807, 2.05) is 54.6 Å². The molecule has 0 saturated heterocycles. The highest BCUT2D eigenvalue weighted by Crippen LogP contribution is 2.20. The molecule has 0 aliphatic heterocycles. The fourth-order valence-electron chi connectivity index (χ4n) is 2.39. The summed E-state index contributed by atoms with van der Waals surface area (Å²) in [6.45, 7) is 0.541. The van der Waals surface area contributed by atoms with Gasteiger partial charge in [0.05, 0.1) is 7.11 Å². The van der Waals surface area contributed by atoms with Crippen LogP contribution in [-0.4, -0.2) is 35.1 Å². The standard InChI is InChI=1S/C19H19N3O3/c1-22(13-14-6-4-3-5-7-14)18(23)12-17-20-19(21-25-17)15-8-10-16(24-2)11-9-15/h3-11H,12-13H2,1-2H3. The Morgan fingerprint density at radius 3 is 2.52 bits per heavy atom. The van der Waals surface area contributed by atoms with Gasteiger partial charge in [-0.2, -0.15) is 4.98 Å². The normalized spacial score (nSPS) is 10.5. The summed E-state index contributed by atoms with van der Waals surface area (Å²) in [6, 6.07) is 17.2. The molecule has 1 aromatic heterocycles. The van der Waals surface area contributed by atoms with E-state index in [2.05, 4.69) is 10.1 Å². The van der Waals surface area contributed by atoms with Crippen molar-refractivity contribution in [1.29, 1.82) is 0 Å². The number of benzene rings is 2. The van der Waals surface area contributed by atoms with E-state index >= 15 is 0 Å². The number of likely N-dealkylation sites (N-methyl/N-ethyl adjacent to an activating group) is 1. The predicted octanol–water partition coefficient (Wildman–Crippen LogP) is 2.95. The predicted molar refractivity (Wildman–Crippen MR) is 92.9 cm³/mol. The van der Waals surface area contributed by atoms with Gasteiger partial charge >= 0.3 is 0 Å². The molecular weight excluding hydrogens is 318 g/mol. The Hall–Kier alpha value is -3.15. The van der Waals surface area contributed by atoms with Crippen molar-refractivity contribution in [2.45, 2.75) is 13.0 Å². The van der Waals surface area contributed by atoms with Gasteiger partial charge in [-0.15, -0.1) is 0 Å². The lowest BCUT2D eigenvalue weighted by atomic mass is 10.2. The third kappa shape index (κ3) is 4.23. The number of nitrogens with zero attached hydrogens (tertiary/aromatic N) is 3. The lowest BCUT2D eigenvalue weighted by molar-refractivity contribution is -0.130. The van der Waals surface area contributed by atoms with E-state index in [-0.39, 0.29) is 12.3 Å². The zero-order valence-electron chi connectivity index (χ0n) is 14.2. The Morgan fingerprint density at radius 1 is 1.12 bits per heavy atom. The zero-order valence-corrected chi connectivity index (χ0v) is 14.2. The van der Waals surface area contributed by atoms with Crippen molar-refractivity contribution in [3.63, 3.8) is 0 Å². The number of ether oxygens (including phenoxy) is 1. The molecule has 6 heteroatoms. The van der Waals surface area contributed by atoms with Gasteiger partial charge in [0.1, 0.15) is 12.2 Å². The van der Waals surface area contributed by atoms with Gasteiger partial charge in [-0.3, -0.25) is 4.79 Å². The first-order valence-corrected chi connectivity index (χ1v) is 7.90. The molecule has 128 valence electrons. The zero-order chi connectivity index (χ0) is 17.6. The molecule has 0 saturated carbocycles. The number of amides is 1. The fourth-order valence-corrected chi connectivity index (χ4v) is 2.39. The minimum atomic E-state index is -0.0752. The summed E-state index contributed by atoms with van der Waals surface area (Å²) in [4.78, 5) is 18.3. The Morgan fingerprint density at radius 2 is 1.84 bits per heavy atom. The molecule has 0 N–H and O–H groups in total. The van der Waals surface area contributed by atoms with E-state index in [9.17, 15) is 4.79 Å². The largest absolute Gasteiger partial charge is 0.497 e. The Balaban J connectivity index is 1.63. The second kappa shape index (κ2) is 7.61. The minimum Gasteiger partial charge on any atom is -0.497 e. The van der Waals surface area contributed by atoms with Crippen LogP contribution in [0.25, 0.3) is 11.4 Å². The van der Waals surface area contributed by atoms with E-state index in [4.69, 9.17) is 9.26 Å². The number of carbonyl (C=O) groups excluding carboxylic acids is 1. The monoisotopic (exact) mass is 337 g/mol. The van der Waals surface area contributed by atoms with Crippen LogP contribution >= 0.6 is 0 Å². The number of carbonyl (C=O) groups is 1. The second-order valence-corrected chi connectivity index (χ2v) is 5.65. The van der Waals surface area contributed by atoms with E-state index in [0.717, 1.165) is 16.9 Å². The molecule has 0 radical (unpaired) electrons. The molecule has 25 heavy (non-hydrogen) atoms. The molecule has 0 aliphatic rings. The lowest BCUT2D eigenvalue weighted by Gasteiger charge is -2.16. The van der Waals surface area contributed by atoms with Crippen LogP contribution in [-0.2, 0) is 17.8 Å². The summed E-state index contributed by atoms with van der Waals surface area (Å²) in [5, 5.41) is 3.94. The van der Waals surface area contributed by atoms with E-state index in [0.29, 0.717) is 18.3 Å². The first kappa shape index (κ1) is 16.7. The molecule has 3 aromatic rings. The van der Waals surface area contributed by atoms with Crippen molar-refractivity contribution >= 4 is 5.91 Å². The van der Waals surface area contributed by atoms with Crippen LogP contribution in [0.4, 0.5) is 0 Å². The van der Waals surface area contributed by atoms with Crippen LogP contribution in [0.1, 0.15) is 11.5 Å². The van der Waals surface area contributed by atoms with Crippen molar-refractivity contribution in [2.24, 2.45) is 0 Å². The maximum atomic E-state index is 12.3. The summed E-state index contributed by atoms with van der Waals surface area (Å²) >= 11 is 0. The molecule has 0 spiro atoms. The second-order valence-electron chi connectivity index (χ2n) is 5.65. The molecule has 1 heterocycles. The third-order valence-electron chi connectivity index (χ3n) is 3.81. The van der Waals surface area contributed by atoms with Gasteiger partial charge in [0, 0.05) is 19.2 Å². The molecular formula is C19H19N3O3. The van der Waals surface area contributed by atoms with Gasteiger partial charge in [0.25, 0.3) is 0 Å². The minimum absolute atomic E-state index is 0.0752. The highest BCUT2D eigenvalue weighted by Gasteiger charge is 2.16. The van der Waals surface area contributed by atoms with Crippen molar-refractivity contribution < 1.29 is 14.1 Å². The Labute approximate surface area is 146 Å². The quantitative estimate of drug-likeness (QED) is 0.692. The molecule has 0 bridgehead atoms. The molecule has 0 unspecified atom stereocenters. The first-order valence-electron chi connectivity index (χ1n) is 7.90. The van der Waals surface area contributed by atoms with Crippen LogP contribution in [0.2, 0.25) is 0 Å². The SMILES string of the molecule is COc1ccc(-c2noc(CC(=O)N(C)Cc3ccccc3)n2)cc1. The highest BCUT2D eigenvalue weighted by molar-refractivity contribution is 5.77. The van der Waals surface area contributed by atoms with Gasteiger partial charge in [0.15, 0.2) is 0 Å². The van der Waals surface area contributed by atoms with Crippen LogP contribution < -0.4 is 4.74 Å². The highest BCUT2D eigenvalue weighted by atomic mass is 16.5. The van der Waals surface area contributed by atoms with Gasteiger partial charge in [-0.05, 0) is 29.8 Å². The molecule has 1 amide bonds. The topological polar surface area (TPSA) is 68.5 Å². The molecule has 0 atom stereocenters. The van der Waals surface area contributed by atoms with Crippen LogP contribution in [0.3, 0.4) is 0 Å². The number of hydrogen-bond donors (Lipinski definition) is 0. The number of aromatic nitrogens is 2. The summed E-state index contributed by atoms with van der Waals surface area (Å²) in [7, 11) is 3.37. The molecule has 6 nitrogen and oxygen atoms in total. The van der Waals surface area contributed by atoms with Crippen LogP contribution in [0.15, 0.2) is 59.1 Å². The molecule has 0 fully saturated rings. The van der Waals surface area contributed by atoms with Gasteiger partial charge < -0.3 is 14.2 Å². The molecule has 2 aromatic carbocycles. The van der Waals surface area contributed by atoms with E-state index in [1.54, 1.807) is 19.1 Å². The first-order chi connectivity index (χ1) is 12.2. The average molecular weight is 337 g/mol. The number of rotatable bonds is 6. The Kier molecular flexibility index (Phi) is 5.09. The van der Waals surface area contributed by atoms with E-state index < -0.39 is 0 Å². The lowest BCUT2D eigenvalue weighted by Crippen LogP contribution is -2.27. The van der Waals surface area contributed by atoms with E-state index in [1.165, 1.54) is 0 Å². The average Bonchev–Trinajstić information content (AvgIpc) is 3.11. The van der Waals surface area contributed by atoms with Gasteiger partial charge in [-0.25, -0.2) is 0 Å². The smallest absolute Gasteiger partial charge is 0.236 e. The summed E-state index contributed by atoms with van der Waals surface area (Å²) in [5.41, 5.74) is 1.88. The molecule has 0 aliphatic carbocycles. The van der Waals surface area contributed by atoms with Gasteiger partial charge in [-0.1, -0.05) is 35.5 Å². The summed E-state index contributed by atoms with van der Waals surface area (Å²) in [6.07, 6.45) is 0.0759. The Bertz CT molecular complexity index is 829. The van der Waals surface area contributed by atoms with Crippen molar-refractivity contribution in [2.75, 3.05) is 14.2 Å². The van der Waals surface area contributed by atoms with Crippen molar-refractivity contribution in [3.05, 3.63) is 66.1 Å². The third-order valence-corrected chi connectivity index (χ3v) is 3.81. The number of methoxy groups -OCH3 is 1. The fraction of sp³-hybridized carbons (Fsp3) is 0.211. The van der Waals surface area contributed by atoms with Crippen LogP contribution in [0.5, 0.6) is 5.75 Å². The summed E-state index contributed by atoms with van der Waals surface area (Å²) in [5.74, 6) is 1.44. The maximum absolute atomic E-state index is 12.3. The van der Waals surface area contributed by atoms with Crippen molar-refractivity contribution in [1.82, 2.24) is 15.0 Å². The maximum Gasteiger partial charge on any atom is 0.236 e. The molecule has 3 rings (SSSR count). The summed E-state index contributed by atoms with van der Waals surface area (Å²) < 4.78 is 10.3. The number of hydrogen-bond acceptors (Lipinski definition) is 5.